The van der Waals surface area contributed by atoms with Crippen LogP contribution in [0.4, 0.5) is 0 Å². The van der Waals surface area contributed by atoms with Gasteiger partial charge in [-0.2, -0.15) is 0 Å². The predicted octanol–water partition coefficient (Wildman–Crippen LogP) is 4.84. The maximum atomic E-state index is 9.56. The fraction of sp³-hybridized carbons (Fsp3) is 0.684. The molecule has 0 aliphatic carbocycles. The number of benzene rings is 1. The van der Waals surface area contributed by atoms with Crippen molar-refractivity contribution >= 4 is 0 Å². The molecule has 0 fully saturated rings. The van der Waals surface area contributed by atoms with Gasteiger partial charge in [-0.25, -0.2) is 0 Å². The van der Waals surface area contributed by atoms with E-state index < -0.39 is 0 Å². The molecule has 0 amide bonds. The van der Waals surface area contributed by atoms with Crippen LogP contribution in [0.25, 0.3) is 0 Å². The largest absolute Gasteiger partial charge is 0.504 e. The van der Waals surface area contributed by atoms with Crippen LogP contribution < -0.4 is 4.74 Å². The number of unbranched alkanes of at least 4 members (excludes halogenated alkanes) is 6. The minimum absolute atomic E-state index is 0.0951. The topological polar surface area (TPSA) is 49.7 Å². The Labute approximate surface area is 135 Å². The number of aryl methyl sites for hydroxylation is 1. The number of aliphatic hydroxyl groups is 1. The standard InChI is InChI=1S/C19H32O3/c1-3-17(20)12-10-8-6-4-5-7-9-11-16-13-14-18(21)19(15-16)22-2/h13-15,17,20-21H,3-12H2,1-2H3. The van der Waals surface area contributed by atoms with Crippen LogP contribution in [0.3, 0.4) is 0 Å². The van der Waals surface area contributed by atoms with Gasteiger partial charge < -0.3 is 14.9 Å². The summed E-state index contributed by atoms with van der Waals surface area (Å²) in [6, 6.07) is 5.60. The quantitative estimate of drug-likeness (QED) is 0.543. The van der Waals surface area contributed by atoms with E-state index in [0.29, 0.717) is 5.75 Å². The Hall–Kier alpha value is -1.22. The maximum absolute atomic E-state index is 9.56. The third-order valence-electron chi connectivity index (χ3n) is 4.22. The molecule has 0 bridgehead atoms. The third kappa shape index (κ3) is 7.69. The number of hydrogen-bond acceptors (Lipinski definition) is 3. The van der Waals surface area contributed by atoms with E-state index in [2.05, 4.69) is 0 Å². The molecule has 0 aliphatic heterocycles. The van der Waals surface area contributed by atoms with Crippen molar-refractivity contribution in [1.82, 2.24) is 0 Å². The lowest BCUT2D eigenvalue weighted by Crippen LogP contribution is -2.03. The van der Waals surface area contributed by atoms with E-state index in [1.165, 1.54) is 44.1 Å². The highest BCUT2D eigenvalue weighted by molar-refractivity contribution is 5.41. The predicted molar refractivity (Wildman–Crippen MR) is 91.6 cm³/mol. The molecule has 1 rings (SSSR count). The minimum Gasteiger partial charge on any atom is -0.504 e. The van der Waals surface area contributed by atoms with Crippen LogP contribution in [-0.4, -0.2) is 23.4 Å². The minimum atomic E-state index is -0.0951. The number of aromatic hydroxyl groups is 1. The average molecular weight is 308 g/mol. The zero-order valence-corrected chi connectivity index (χ0v) is 14.2. The molecular formula is C19H32O3. The van der Waals surface area contributed by atoms with Gasteiger partial charge in [-0.15, -0.1) is 0 Å². The van der Waals surface area contributed by atoms with Crippen LogP contribution >= 0.6 is 0 Å². The molecule has 0 aliphatic rings. The fourth-order valence-corrected chi connectivity index (χ4v) is 2.67. The Morgan fingerprint density at radius 2 is 1.64 bits per heavy atom. The van der Waals surface area contributed by atoms with Gasteiger partial charge in [0, 0.05) is 0 Å². The van der Waals surface area contributed by atoms with Crippen molar-refractivity contribution in [3.8, 4) is 11.5 Å². The van der Waals surface area contributed by atoms with Crippen molar-refractivity contribution in [2.45, 2.75) is 77.2 Å². The van der Waals surface area contributed by atoms with Crippen LogP contribution in [0.2, 0.25) is 0 Å². The smallest absolute Gasteiger partial charge is 0.160 e. The zero-order valence-electron chi connectivity index (χ0n) is 14.2. The molecule has 2 N–H and O–H groups in total. The van der Waals surface area contributed by atoms with Crippen molar-refractivity contribution in [2.24, 2.45) is 0 Å². The summed E-state index contributed by atoms with van der Waals surface area (Å²) < 4.78 is 5.13. The highest BCUT2D eigenvalue weighted by Gasteiger charge is 2.03. The van der Waals surface area contributed by atoms with Crippen LogP contribution in [-0.2, 0) is 6.42 Å². The van der Waals surface area contributed by atoms with Gasteiger partial charge in [0.2, 0.25) is 0 Å². The Balaban J connectivity index is 2.02. The van der Waals surface area contributed by atoms with Crippen LogP contribution in [0.15, 0.2) is 18.2 Å². The monoisotopic (exact) mass is 308 g/mol. The highest BCUT2D eigenvalue weighted by Crippen LogP contribution is 2.27. The molecule has 126 valence electrons. The molecular weight excluding hydrogens is 276 g/mol. The van der Waals surface area contributed by atoms with E-state index in [0.717, 1.165) is 25.7 Å². The van der Waals surface area contributed by atoms with E-state index in [4.69, 9.17) is 4.74 Å². The second kappa shape index (κ2) is 11.4. The van der Waals surface area contributed by atoms with Gasteiger partial charge >= 0.3 is 0 Å². The lowest BCUT2D eigenvalue weighted by Gasteiger charge is -2.07. The number of hydrogen-bond donors (Lipinski definition) is 2. The van der Waals surface area contributed by atoms with Crippen LogP contribution in [0.1, 0.15) is 70.3 Å². The van der Waals surface area contributed by atoms with Crippen molar-refractivity contribution in [3.63, 3.8) is 0 Å². The lowest BCUT2D eigenvalue weighted by molar-refractivity contribution is 0.156. The summed E-state index contributed by atoms with van der Waals surface area (Å²) in [5.41, 5.74) is 1.23. The molecule has 0 spiro atoms. The molecule has 0 aromatic heterocycles. The van der Waals surface area contributed by atoms with E-state index in [1.54, 1.807) is 13.2 Å². The molecule has 1 atom stereocenters. The van der Waals surface area contributed by atoms with Gasteiger partial charge in [0.05, 0.1) is 13.2 Å². The Morgan fingerprint density at radius 1 is 1.00 bits per heavy atom. The second-order valence-corrected chi connectivity index (χ2v) is 6.08. The SMILES string of the molecule is CCC(O)CCCCCCCCCc1ccc(O)c(OC)c1. The Morgan fingerprint density at radius 3 is 2.27 bits per heavy atom. The van der Waals surface area contributed by atoms with Gasteiger partial charge in [0.1, 0.15) is 0 Å². The number of rotatable bonds is 12. The number of phenolic OH excluding ortho intramolecular Hbond substituents is 1. The lowest BCUT2D eigenvalue weighted by atomic mass is 10.0. The number of ether oxygens (including phenoxy) is 1. The zero-order chi connectivity index (χ0) is 16.2. The molecule has 3 heteroatoms. The molecule has 3 nitrogen and oxygen atoms in total. The van der Waals surface area contributed by atoms with E-state index in [-0.39, 0.29) is 11.9 Å². The summed E-state index contributed by atoms with van der Waals surface area (Å²) in [4.78, 5) is 0. The molecule has 0 heterocycles. The molecule has 1 aromatic carbocycles. The molecule has 0 saturated heterocycles. The third-order valence-corrected chi connectivity index (χ3v) is 4.22. The fourth-order valence-electron chi connectivity index (χ4n) is 2.67. The molecule has 22 heavy (non-hydrogen) atoms. The molecule has 1 aromatic rings. The van der Waals surface area contributed by atoms with Gasteiger partial charge in [-0.1, -0.05) is 51.5 Å². The summed E-state index contributed by atoms with van der Waals surface area (Å²) >= 11 is 0. The van der Waals surface area contributed by atoms with Gasteiger partial charge in [0.25, 0.3) is 0 Å². The summed E-state index contributed by atoms with van der Waals surface area (Å²) in [5.74, 6) is 0.770. The van der Waals surface area contributed by atoms with Gasteiger partial charge in [-0.3, -0.25) is 0 Å². The first-order valence-electron chi connectivity index (χ1n) is 8.71. The Bertz CT molecular complexity index is 404. The molecule has 0 radical (unpaired) electrons. The first kappa shape index (κ1) is 18.8. The van der Waals surface area contributed by atoms with E-state index in [1.807, 2.05) is 19.1 Å². The first-order valence-corrected chi connectivity index (χ1v) is 8.71. The number of aliphatic hydroxyl groups excluding tert-OH is 1. The average Bonchev–Trinajstić information content (AvgIpc) is 2.54. The van der Waals surface area contributed by atoms with Gasteiger partial charge in [0.15, 0.2) is 11.5 Å². The van der Waals surface area contributed by atoms with Crippen molar-refractivity contribution < 1.29 is 14.9 Å². The van der Waals surface area contributed by atoms with Crippen LogP contribution in [0.5, 0.6) is 11.5 Å². The maximum Gasteiger partial charge on any atom is 0.160 e. The van der Waals surface area contributed by atoms with E-state index >= 15 is 0 Å². The molecule has 0 saturated carbocycles. The summed E-state index contributed by atoms with van der Waals surface area (Å²) in [5, 5.41) is 19.0. The number of methoxy groups -OCH3 is 1. The normalized spacial score (nSPS) is 12.3. The summed E-state index contributed by atoms with van der Waals surface area (Å²) in [6.45, 7) is 2.04. The first-order chi connectivity index (χ1) is 10.7. The van der Waals surface area contributed by atoms with Crippen LogP contribution in [0, 0.1) is 0 Å². The Kier molecular flexibility index (Phi) is 9.72. The summed E-state index contributed by atoms with van der Waals surface area (Å²) in [6.07, 6.45) is 11.5. The van der Waals surface area contributed by atoms with Gasteiger partial charge in [-0.05, 0) is 43.4 Å². The number of phenols is 1. The van der Waals surface area contributed by atoms with E-state index in [9.17, 15) is 10.2 Å². The molecule has 1 unspecified atom stereocenters. The van der Waals surface area contributed by atoms with Crippen molar-refractivity contribution in [2.75, 3.05) is 7.11 Å². The highest BCUT2D eigenvalue weighted by atomic mass is 16.5. The van der Waals surface area contributed by atoms with Crippen molar-refractivity contribution in [1.29, 1.82) is 0 Å². The summed E-state index contributed by atoms with van der Waals surface area (Å²) in [7, 11) is 1.58. The second-order valence-electron chi connectivity index (χ2n) is 6.08. The van der Waals surface area contributed by atoms with Crippen molar-refractivity contribution in [3.05, 3.63) is 23.8 Å².